The molecular weight excluding hydrogens is 300 g/mol. The van der Waals surface area contributed by atoms with E-state index in [4.69, 9.17) is 11.6 Å². The lowest BCUT2D eigenvalue weighted by atomic mass is 10.3. The van der Waals surface area contributed by atoms with Crippen molar-refractivity contribution < 1.29 is 4.79 Å². The van der Waals surface area contributed by atoms with E-state index in [0.29, 0.717) is 22.3 Å². The third-order valence-corrected chi connectivity index (χ3v) is 4.02. The van der Waals surface area contributed by atoms with Gasteiger partial charge in [-0.05, 0) is 37.1 Å². The van der Waals surface area contributed by atoms with Crippen molar-refractivity contribution in [3.8, 4) is 0 Å². The number of carbonyl (C=O) groups excluding carboxylic acids is 1. The van der Waals surface area contributed by atoms with Crippen LogP contribution in [0.2, 0.25) is 5.02 Å². The van der Waals surface area contributed by atoms with Crippen molar-refractivity contribution in [3.05, 3.63) is 59.0 Å². The predicted molar refractivity (Wildman–Crippen MR) is 84.4 cm³/mol. The minimum atomic E-state index is -0.295. The van der Waals surface area contributed by atoms with E-state index < -0.39 is 0 Å². The summed E-state index contributed by atoms with van der Waals surface area (Å²) >= 11 is 6.05. The number of aromatic nitrogens is 3. The van der Waals surface area contributed by atoms with Crippen LogP contribution in [0.25, 0.3) is 5.65 Å². The number of anilines is 1. The number of para-hydroxylation sites is 1. The van der Waals surface area contributed by atoms with Crippen LogP contribution >= 0.6 is 11.6 Å². The van der Waals surface area contributed by atoms with Gasteiger partial charge in [-0.15, -0.1) is 0 Å². The SMILES string of the molecule is O=C(Nc1ccccc1Cl)c1ccc2nc(C3CC3)cn2n1. The molecule has 1 aromatic carbocycles. The maximum absolute atomic E-state index is 12.3. The van der Waals surface area contributed by atoms with Crippen LogP contribution in [0, 0.1) is 0 Å². The minimum Gasteiger partial charge on any atom is -0.319 e. The van der Waals surface area contributed by atoms with Crippen molar-refractivity contribution in [3.63, 3.8) is 0 Å². The van der Waals surface area contributed by atoms with Crippen LogP contribution in [-0.2, 0) is 0 Å². The number of halogens is 1. The van der Waals surface area contributed by atoms with Gasteiger partial charge in [-0.25, -0.2) is 9.50 Å². The molecule has 1 aliphatic rings. The second kappa shape index (κ2) is 5.10. The molecule has 0 atom stereocenters. The highest BCUT2D eigenvalue weighted by molar-refractivity contribution is 6.33. The number of hydrogen-bond donors (Lipinski definition) is 1. The topological polar surface area (TPSA) is 59.3 Å². The highest BCUT2D eigenvalue weighted by Gasteiger charge is 2.26. The van der Waals surface area contributed by atoms with Crippen molar-refractivity contribution >= 4 is 28.8 Å². The zero-order valence-electron chi connectivity index (χ0n) is 11.7. The number of amides is 1. The van der Waals surface area contributed by atoms with Crippen LogP contribution in [0.15, 0.2) is 42.6 Å². The molecule has 0 spiro atoms. The lowest BCUT2D eigenvalue weighted by Crippen LogP contribution is -2.15. The molecule has 2 aromatic heterocycles. The van der Waals surface area contributed by atoms with E-state index in [1.807, 2.05) is 18.3 Å². The van der Waals surface area contributed by atoms with Crippen molar-refractivity contribution in [1.29, 1.82) is 0 Å². The standard InChI is InChI=1S/C16H13ClN4O/c17-11-3-1-2-4-12(11)19-16(22)13-7-8-15-18-14(10-5-6-10)9-21(15)20-13/h1-4,7-10H,5-6H2,(H,19,22). The molecule has 5 nitrogen and oxygen atoms in total. The predicted octanol–water partition coefficient (Wildman–Crippen LogP) is 3.51. The Balaban J connectivity index is 1.62. The van der Waals surface area contributed by atoms with Crippen LogP contribution in [0.4, 0.5) is 5.69 Å². The molecule has 3 aromatic rings. The molecule has 0 aliphatic heterocycles. The summed E-state index contributed by atoms with van der Waals surface area (Å²) in [6.07, 6.45) is 4.27. The normalized spacial score (nSPS) is 14.2. The Morgan fingerprint density at radius 3 is 2.82 bits per heavy atom. The molecule has 4 rings (SSSR count). The van der Waals surface area contributed by atoms with E-state index in [9.17, 15) is 4.79 Å². The first kappa shape index (κ1) is 13.3. The molecule has 22 heavy (non-hydrogen) atoms. The van der Waals surface area contributed by atoms with Crippen LogP contribution in [-0.4, -0.2) is 20.5 Å². The monoisotopic (exact) mass is 312 g/mol. The lowest BCUT2D eigenvalue weighted by molar-refractivity contribution is 0.102. The number of imidazole rings is 1. The minimum absolute atomic E-state index is 0.295. The number of hydrogen-bond acceptors (Lipinski definition) is 3. The fraction of sp³-hybridized carbons (Fsp3) is 0.188. The average Bonchev–Trinajstić information content (AvgIpc) is 3.28. The Hall–Kier alpha value is -2.40. The number of rotatable bonds is 3. The van der Waals surface area contributed by atoms with Gasteiger partial charge in [0.25, 0.3) is 5.91 Å². The maximum atomic E-state index is 12.3. The van der Waals surface area contributed by atoms with Crippen LogP contribution in [0.5, 0.6) is 0 Å². The fourth-order valence-electron chi connectivity index (χ4n) is 2.35. The van der Waals surface area contributed by atoms with Crippen molar-refractivity contribution in [2.75, 3.05) is 5.32 Å². The van der Waals surface area contributed by atoms with Gasteiger partial charge in [-0.1, -0.05) is 23.7 Å². The molecule has 0 bridgehead atoms. The number of carbonyl (C=O) groups is 1. The molecule has 0 saturated heterocycles. The van der Waals surface area contributed by atoms with E-state index in [2.05, 4.69) is 15.4 Å². The number of nitrogens with one attached hydrogen (secondary N) is 1. The molecule has 1 aliphatic carbocycles. The van der Waals surface area contributed by atoms with Crippen LogP contribution in [0.3, 0.4) is 0 Å². The van der Waals surface area contributed by atoms with Gasteiger partial charge in [0.05, 0.1) is 22.6 Å². The molecule has 2 heterocycles. The molecule has 0 unspecified atom stereocenters. The molecule has 110 valence electrons. The summed E-state index contributed by atoms with van der Waals surface area (Å²) in [7, 11) is 0. The van der Waals surface area contributed by atoms with Crippen LogP contribution in [0.1, 0.15) is 34.9 Å². The Bertz CT molecular complexity index is 869. The third-order valence-electron chi connectivity index (χ3n) is 3.69. The summed E-state index contributed by atoms with van der Waals surface area (Å²) in [6, 6.07) is 10.6. The quantitative estimate of drug-likeness (QED) is 0.805. The summed E-state index contributed by atoms with van der Waals surface area (Å²) < 4.78 is 1.66. The van der Waals surface area contributed by atoms with Gasteiger partial charge in [0.1, 0.15) is 5.69 Å². The first-order chi connectivity index (χ1) is 10.7. The summed E-state index contributed by atoms with van der Waals surface area (Å²) in [5.41, 5.74) is 2.71. The molecule has 0 radical (unpaired) electrons. The van der Waals surface area contributed by atoms with Gasteiger partial charge in [0.15, 0.2) is 5.65 Å². The van der Waals surface area contributed by atoms with Gasteiger partial charge in [-0.3, -0.25) is 4.79 Å². The third kappa shape index (κ3) is 2.44. The van der Waals surface area contributed by atoms with Gasteiger partial charge >= 0.3 is 0 Å². The number of nitrogens with zero attached hydrogens (tertiary/aromatic N) is 3. The zero-order valence-corrected chi connectivity index (χ0v) is 12.4. The van der Waals surface area contributed by atoms with Gasteiger partial charge < -0.3 is 5.32 Å². The van der Waals surface area contributed by atoms with Crippen molar-refractivity contribution in [2.45, 2.75) is 18.8 Å². The smallest absolute Gasteiger partial charge is 0.276 e. The average molecular weight is 313 g/mol. The number of fused-ring (bicyclic) bond motifs is 1. The Labute approximate surface area is 131 Å². The molecule has 1 saturated carbocycles. The first-order valence-electron chi connectivity index (χ1n) is 7.13. The van der Waals surface area contributed by atoms with E-state index >= 15 is 0 Å². The first-order valence-corrected chi connectivity index (χ1v) is 7.51. The van der Waals surface area contributed by atoms with Gasteiger partial charge in [0.2, 0.25) is 0 Å². The second-order valence-electron chi connectivity index (χ2n) is 5.40. The Morgan fingerprint density at radius 1 is 1.23 bits per heavy atom. The van der Waals surface area contributed by atoms with Crippen LogP contribution < -0.4 is 5.32 Å². The summed E-state index contributed by atoms with van der Waals surface area (Å²) in [6.45, 7) is 0. The fourth-order valence-corrected chi connectivity index (χ4v) is 2.53. The van der Waals surface area contributed by atoms with Crippen molar-refractivity contribution in [1.82, 2.24) is 14.6 Å². The molecule has 1 amide bonds. The second-order valence-corrected chi connectivity index (χ2v) is 5.80. The summed E-state index contributed by atoms with van der Waals surface area (Å²) in [5.74, 6) is 0.263. The van der Waals surface area contributed by atoms with E-state index in [1.54, 1.807) is 28.8 Å². The molecule has 1 fully saturated rings. The van der Waals surface area contributed by atoms with E-state index in [-0.39, 0.29) is 5.91 Å². The van der Waals surface area contributed by atoms with Gasteiger partial charge in [-0.2, -0.15) is 5.10 Å². The highest BCUT2D eigenvalue weighted by Crippen LogP contribution is 2.39. The highest BCUT2D eigenvalue weighted by atomic mass is 35.5. The summed E-state index contributed by atoms with van der Waals surface area (Å²) in [5, 5.41) is 7.59. The molecule has 6 heteroatoms. The van der Waals surface area contributed by atoms with Gasteiger partial charge in [0, 0.05) is 5.92 Å². The van der Waals surface area contributed by atoms with E-state index in [1.165, 1.54) is 12.8 Å². The number of benzene rings is 1. The largest absolute Gasteiger partial charge is 0.319 e. The van der Waals surface area contributed by atoms with Crippen molar-refractivity contribution in [2.24, 2.45) is 0 Å². The Morgan fingerprint density at radius 2 is 2.05 bits per heavy atom. The summed E-state index contributed by atoms with van der Waals surface area (Å²) in [4.78, 5) is 16.8. The molecule has 1 N–H and O–H groups in total. The maximum Gasteiger partial charge on any atom is 0.276 e. The zero-order chi connectivity index (χ0) is 15.1. The lowest BCUT2D eigenvalue weighted by Gasteiger charge is -2.06. The van der Waals surface area contributed by atoms with E-state index in [0.717, 1.165) is 11.3 Å². The Kier molecular flexibility index (Phi) is 3.08. The molecular formula is C16H13ClN4O.